The fourth-order valence-electron chi connectivity index (χ4n) is 2.60. The van der Waals surface area contributed by atoms with Gasteiger partial charge in [-0.2, -0.15) is 4.98 Å². The zero-order chi connectivity index (χ0) is 13.8. The summed E-state index contributed by atoms with van der Waals surface area (Å²) in [5.74, 6) is 1.78. The lowest BCUT2D eigenvalue weighted by molar-refractivity contribution is 0.218. The van der Waals surface area contributed by atoms with Crippen LogP contribution in [0.3, 0.4) is 0 Å². The van der Waals surface area contributed by atoms with Crippen LogP contribution >= 0.6 is 0 Å². The van der Waals surface area contributed by atoms with Crippen LogP contribution in [0.1, 0.15) is 23.7 Å². The molecular formula is C15H19N3O2. The third-order valence-corrected chi connectivity index (χ3v) is 3.70. The molecular weight excluding hydrogens is 254 g/mol. The lowest BCUT2D eigenvalue weighted by Gasteiger charge is -2.12. The molecule has 2 heterocycles. The second kappa shape index (κ2) is 6.15. The van der Waals surface area contributed by atoms with Crippen LogP contribution in [0.5, 0.6) is 0 Å². The van der Waals surface area contributed by atoms with Crippen LogP contribution in [0.25, 0.3) is 0 Å². The van der Waals surface area contributed by atoms with Gasteiger partial charge in [0.25, 0.3) is 0 Å². The molecule has 20 heavy (non-hydrogen) atoms. The molecule has 1 aromatic heterocycles. The zero-order valence-corrected chi connectivity index (χ0v) is 11.4. The molecule has 1 N–H and O–H groups in total. The van der Waals surface area contributed by atoms with E-state index in [1.165, 1.54) is 5.56 Å². The third kappa shape index (κ3) is 3.23. The standard InChI is InChI=1S/C15H19N3O2/c19-11-13-6-7-18(9-13)10-14-16-15(20-17-14)8-12-4-2-1-3-5-12/h1-5,13,19H,6-11H2. The smallest absolute Gasteiger partial charge is 0.231 e. The second-order valence-corrected chi connectivity index (χ2v) is 5.34. The summed E-state index contributed by atoms with van der Waals surface area (Å²) in [7, 11) is 0. The number of aromatic nitrogens is 2. The molecule has 0 aliphatic carbocycles. The Kier molecular flexibility index (Phi) is 4.08. The zero-order valence-electron chi connectivity index (χ0n) is 11.4. The number of nitrogens with zero attached hydrogens (tertiary/aromatic N) is 3. The summed E-state index contributed by atoms with van der Waals surface area (Å²) in [4.78, 5) is 6.70. The number of hydrogen-bond acceptors (Lipinski definition) is 5. The van der Waals surface area contributed by atoms with Crippen molar-refractivity contribution in [2.24, 2.45) is 5.92 Å². The van der Waals surface area contributed by atoms with E-state index in [1.807, 2.05) is 18.2 Å². The summed E-state index contributed by atoms with van der Waals surface area (Å²) >= 11 is 0. The molecule has 1 aliphatic rings. The highest BCUT2D eigenvalue weighted by atomic mass is 16.5. The molecule has 2 aromatic rings. The average Bonchev–Trinajstić information content (AvgIpc) is 3.10. The van der Waals surface area contributed by atoms with E-state index in [0.717, 1.165) is 25.3 Å². The largest absolute Gasteiger partial charge is 0.396 e. The van der Waals surface area contributed by atoms with Crippen LogP contribution in [0.4, 0.5) is 0 Å². The van der Waals surface area contributed by atoms with Gasteiger partial charge in [0.2, 0.25) is 5.89 Å². The molecule has 106 valence electrons. The first-order valence-corrected chi connectivity index (χ1v) is 7.02. The first kappa shape index (κ1) is 13.3. The maximum atomic E-state index is 9.14. The molecule has 0 bridgehead atoms. The first-order valence-electron chi connectivity index (χ1n) is 7.02. The van der Waals surface area contributed by atoms with Crippen LogP contribution in [-0.2, 0) is 13.0 Å². The summed E-state index contributed by atoms with van der Waals surface area (Å²) in [5.41, 5.74) is 1.17. The topological polar surface area (TPSA) is 62.4 Å². The minimum absolute atomic E-state index is 0.266. The number of aliphatic hydroxyl groups excluding tert-OH is 1. The highest BCUT2D eigenvalue weighted by Gasteiger charge is 2.23. The van der Waals surface area contributed by atoms with Gasteiger partial charge in [-0.1, -0.05) is 35.5 Å². The van der Waals surface area contributed by atoms with Crippen molar-refractivity contribution in [1.82, 2.24) is 15.0 Å². The quantitative estimate of drug-likeness (QED) is 0.894. The van der Waals surface area contributed by atoms with Gasteiger partial charge in [0.15, 0.2) is 5.82 Å². The highest BCUT2D eigenvalue weighted by Crippen LogP contribution is 2.17. The molecule has 0 saturated carbocycles. The van der Waals surface area contributed by atoms with Crippen LogP contribution < -0.4 is 0 Å². The van der Waals surface area contributed by atoms with E-state index in [0.29, 0.717) is 24.8 Å². The van der Waals surface area contributed by atoms with Gasteiger partial charge in [-0.3, -0.25) is 4.90 Å². The van der Waals surface area contributed by atoms with Crippen molar-refractivity contribution in [3.05, 3.63) is 47.6 Å². The lowest BCUT2D eigenvalue weighted by Crippen LogP contribution is -2.21. The van der Waals surface area contributed by atoms with Crippen LogP contribution in [0.2, 0.25) is 0 Å². The Morgan fingerprint density at radius 1 is 1.30 bits per heavy atom. The third-order valence-electron chi connectivity index (χ3n) is 3.70. The van der Waals surface area contributed by atoms with Gasteiger partial charge in [0.1, 0.15) is 0 Å². The average molecular weight is 273 g/mol. The molecule has 1 aromatic carbocycles. The van der Waals surface area contributed by atoms with Crippen molar-refractivity contribution >= 4 is 0 Å². The SMILES string of the molecule is OCC1CCN(Cc2noc(Cc3ccccc3)n2)C1. The minimum atomic E-state index is 0.266. The molecule has 1 unspecified atom stereocenters. The summed E-state index contributed by atoms with van der Waals surface area (Å²) < 4.78 is 5.29. The van der Waals surface area contributed by atoms with E-state index in [4.69, 9.17) is 9.63 Å². The Bertz CT molecular complexity index is 541. The fraction of sp³-hybridized carbons (Fsp3) is 0.467. The van der Waals surface area contributed by atoms with E-state index in [2.05, 4.69) is 27.2 Å². The van der Waals surface area contributed by atoms with Crippen molar-refractivity contribution < 1.29 is 9.63 Å². The fourth-order valence-corrected chi connectivity index (χ4v) is 2.60. The van der Waals surface area contributed by atoms with Crippen molar-refractivity contribution in [1.29, 1.82) is 0 Å². The van der Waals surface area contributed by atoms with Gasteiger partial charge in [-0.05, 0) is 24.4 Å². The van der Waals surface area contributed by atoms with E-state index in [1.54, 1.807) is 0 Å². The molecule has 0 spiro atoms. The van der Waals surface area contributed by atoms with E-state index in [9.17, 15) is 0 Å². The highest BCUT2D eigenvalue weighted by molar-refractivity contribution is 5.17. The van der Waals surface area contributed by atoms with E-state index >= 15 is 0 Å². The van der Waals surface area contributed by atoms with Gasteiger partial charge in [0.05, 0.1) is 13.0 Å². The molecule has 1 aliphatic heterocycles. The normalized spacial score (nSPS) is 19.6. The summed E-state index contributed by atoms with van der Waals surface area (Å²) in [6.07, 6.45) is 1.72. The van der Waals surface area contributed by atoms with Gasteiger partial charge in [0, 0.05) is 13.2 Å². The summed E-state index contributed by atoms with van der Waals surface area (Å²) in [6.45, 7) is 2.88. The maximum Gasteiger partial charge on any atom is 0.231 e. The monoisotopic (exact) mass is 273 g/mol. The first-order chi connectivity index (χ1) is 9.83. The van der Waals surface area contributed by atoms with Gasteiger partial charge < -0.3 is 9.63 Å². The Morgan fingerprint density at radius 3 is 2.90 bits per heavy atom. The number of rotatable bonds is 5. The number of hydrogen-bond donors (Lipinski definition) is 1. The van der Waals surface area contributed by atoms with Crippen molar-refractivity contribution in [2.75, 3.05) is 19.7 Å². The van der Waals surface area contributed by atoms with Crippen LogP contribution in [0.15, 0.2) is 34.9 Å². The summed E-state index contributed by atoms with van der Waals surface area (Å²) in [6, 6.07) is 10.1. The predicted octanol–water partition coefficient (Wildman–Crippen LogP) is 1.47. The van der Waals surface area contributed by atoms with Crippen LogP contribution in [0, 0.1) is 5.92 Å². The molecule has 1 saturated heterocycles. The summed E-state index contributed by atoms with van der Waals surface area (Å²) in [5, 5.41) is 13.2. The van der Waals surface area contributed by atoms with Gasteiger partial charge in [-0.25, -0.2) is 0 Å². The number of likely N-dealkylation sites (tertiary alicyclic amines) is 1. The second-order valence-electron chi connectivity index (χ2n) is 5.34. The van der Waals surface area contributed by atoms with Crippen molar-refractivity contribution in [3.63, 3.8) is 0 Å². The Morgan fingerprint density at radius 2 is 2.15 bits per heavy atom. The lowest BCUT2D eigenvalue weighted by atomic mass is 10.1. The minimum Gasteiger partial charge on any atom is -0.396 e. The Hall–Kier alpha value is -1.72. The Balaban J connectivity index is 1.57. The van der Waals surface area contributed by atoms with Crippen LogP contribution in [-0.4, -0.2) is 39.8 Å². The van der Waals surface area contributed by atoms with Gasteiger partial charge in [-0.15, -0.1) is 0 Å². The van der Waals surface area contributed by atoms with E-state index < -0.39 is 0 Å². The van der Waals surface area contributed by atoms with Crippen molar-refractivity contribution in [3.8, 4) is 0 Å². The van der Waals surface area contributed by atoms with Gasteiger partial charge >= 0.3 is 0 Å². The van der Waals surface area contributed by atoms with Crippen molar-refractivity contribution in [2.45, 2.75) is 19.4 Å². The molecule has 0 amide bonds. The number of aliphatic hydroxyl groups is 1. The van der Waals surface area contributed by atoms with E-state index in [-0.39, 0.29) is 6.61 Å². The number of benzene rings is 1. The maximum absolute atomic E-state index is 9.14. The molecule has 1 fully saturated rings. The molecule has 5 heteroatoms. The Labute approximate surface area is 118 Å². The molecule has 1 atom stereocenters. The molecule has 0 radical (unpaired) electrons. The molecule has 5 nitrogen and oxygen atoms in total. The predicted molar refractivity (Wildman–Crippen MR) is 74.0 cm³/mol. The molecule has 3 rings (SSSR count).